The molecule has 0 bridgehead atoms. The molecule has 0 unspecified atom stereocenters. The zero-order valence-corrected chi connectivity index (χ0v) is 11.6. The highest BCUT2D eigenvalue weighted by Crippen LogP contribution is 2.23. The summed E-state index contributed by atoms with van der Waals surface area (Å²) in [5, 5.41) is 0. The first-order valence-electron chi connectivity index (χ1n) is 7.08. The second-order valence-electron chi connectivity index (χ2n) is 5.04. The Bertz CT molecular complexity index is 582. The van der Waals surface area contributed by atoms with E-state index < -0.39 is 11.6 Å². The van der Waals surface area contributed by atoms with Crippen LogP contribution < -0.4 is 0 Å². The van der Waals surface area contributed by atoms with Crippen molar-refractivity contribution in [1.29, 1.82) is 0 Å². The summed E-state index contributed by atoms with van der Waals surface area (Å²) in [6.45, 7) is 2.10. The van der Waals surface area contributed by atoms with Gasteiger partial charge in [-0.1, -0.05) is 50.5 Å². The molecule has 0 saturated heterocycles. The van der Waals surface area contributed by atoms with E-state index in [1.54, 1.807) is 30.3 Å². The number of hydrogen-bond acceptors (Lipinski definition) is 3. The van der Waals surface area contributed by atoms with E-state index in [9.17, 15) is 14.4 Å². The molecule has 104 valence electrons. The zero-order chi connectivity index (χ0) is 14.5. The van der Waals surface area contributed by atoms with Crippen molar-refractivity contribution in [3.63, 3.8) is 0 Å². The third kappa shape index (κ3) is 2.93. The molecule has 1 aliphatic rings. The lowest BCUT2D eigenvalue weighted by Gasteiger charge is -2.13. The molecular weight excluding hydrogens is 252 g/mol. The lowest BCUT2D eigenvalue weighted by atomic mass is 9.87. The van der Waals surface area contributed by atoms with Crippen LogP contribution in [0.3, 0.4) is 0 Å². The summed E-state index contributed by atoms with van der Waals surface area (Å²) < 4.78 is 0. The Balaban J connectivity index is 2.16. The molecule has 1 aliphatic carbocycles. The van der Waals surface area contributed by atoms with Gasteiger partial charge in [-0.3, -0.25) is 14.4 Å². The highest BCUT2D eigenvalue weighted by molar-refractivity contribution is 6.56. The smallest absolute Gasteiger partial charge is 0.237 e. The number of ketones is 3. The van der Waals surface area contributed by atoms with E-state index in [-0.39, 0.29) is 11.4 Å². The van der Waals surface area contributed by atoms with Crippen LogP contribution in [-0.2, 0) is 9.59 Å². The standard InChI is InChI=1S/C17H18O3/c1-2-3-4-5-10-15(18)14-11-12-8-6-7-9-13(12)16(19)17(14)20/h6-9,11H,2-5,10H2,1H3. The predicted octanol–water partition coefficient (Wildman–Crippen LogP) is 3.37. The second kappa shape index (κ2) is 6.42. The number of carbonyl (C=O) groups excluding carboxylic acids is 3. The summed E-state index contributed by atoms with van der Waals surface area (Å²) >= 11 is 0. The summed E-state index contributed by atoms with van der Waals surface area (Å²) in [6.07, 6.45) is 5.83. The second-order valence-corrected chi connectivity index (χ2v) is 5.04. The molecule has 0 aromatic heterocycles. The van der Waals surface area contributed by atoms with Crippen LogP contribution in [0.2, 0.25) is 0 Å². The minimum Gasteiger partial charge on any atom is -0.294 e. The van der Waals surface area contributed by atoms with Gasteiger partial charge in [0.2, 0.25) is 11.6 Å². The zero-order valence-electron chi connectivity index (χ0n) is 11.6. The van der Waals surface area contributed by atoms with Crippen LogP contribution in [-0.4, -0.2) is 17.3 Å². The molecule has 20 heavy (non-hydrogen) atoms. The van der Waals surface area contributed by atoms with Crippen molar-refractivity contribution in [1.82, 2.24) is 0 Å². The van der Waals surface area contributed by atoms with Gasteiger partial charge < -0.3 is 0 Å². The number of benzene rings is 1. The van der Waals surface area contributed by atoms with Crippen LogP contribution in [0.1, 0.15) is 54.9 Å². The van der Waals surface area contributed by atoms with E-state index in [1.807, 2.05) is 0 Å². The van der Waals surface area contributed by atoms with Gasteiger partial charge in [-0.2, -0.15) is 0 Å². The van der Waals surface area contributed by atoms with E-state index >= 15 is 0 Å². The summed E-state index contributed by atoms with van der Waals surface area (Å²) in [6, 6.07) is 6.88. The molecule has 0 spiro atoms. The van der Waals surface area contributed by atoms with Crippen molar-refractivity contribution in [2.45, 2.75) is 39.0 Å². The van der Waals surface area contributed by atoms with E-state index in [0.717, 1.165) is 25.7 Å². The lowest BCUT2D eigenvalue weighted by molar-refractivity contribution is -0.119. The van der Waals surface area contributed by atoms with E-state index in [2.05, 4.69) is 6.92 Å². The molecule has 0 atom stereocenters. The molecule has 3 nitrogen and oxygen atoms in total. The molecule has 1 aromatic carbocycles. The molecule has 2 rings (SSSR count). The monoisotopic (exact) mass is 270 g/mol. The average molecular weight is 270 g/mol. The Morgan fingerprint density at radius 3 is 2.50 bits per heavy atom. The first-order chi connectivity index (χ1) is 9.65. The third-order valence-corrected chi connectivity index (χ3v) is 3.51. The predicted molar refractivity (Wildman–Crippen MR) is 77.5 cm³/mol. The van der Waals surface area contributed by atoms with Gasteiger partial charge >= 0.3 is 0 Å². The van der Waals surface area contributed by atoms with Gasteiger partial charge in [0.15, 0.2) is 5.78 Å². The van der Waals surface area contributed by atoms with Gasteiger partial charge in [0.25, 0.3) is 0 Å². The lowest BCUT2D eigenvalue weighted by Crippen LogP contribution is -2.25. The van der Waals surface area contributed by atoms with Gasteiger partial charge in [-0.25, -0.2) is 0 Å². The molecule has 0 N–H and O–H groups in total. The maximum Gasteiger partial charge on any atom is 0.237 e. The number of rotatable bonds is 6. The molecule has 0 radical (unpaired) electrons. The highest BCUT2D eigenvalue weighted by Gasteiger charge is 2.30. The van der Waals surface area contributed by atoms with Crippen LogP contribution >= 0.6 is 0 Å². The normalized spacial score (nSPS) is 13.9. The van der Waals surface area contributed by atoms with Crippen molar-refractivity contribution in [3.05, 3.63) is 41.0 Å². The fraction of sp³-hybridized carbons (Fsp3) is 0.353. The van der Waals surface area contributed by atoms with Crippen molar-refractivity contribution >= 4 is 23.4 Å². The quantitative estimate of drug-likeness (QED) is 0.452. The topological polar surface area (TPSA) is 51.2 Å². The molecule has 1 aromatic rings. The SMILES string of the molecule is CCCCCCC(=O)C1=Cc2ccccc2C(=O)C1=O. The summed E-state index contributed by atoms with van der Waals surface area (Å²) in [5.41, 5.74) is 1.10. The molecule has 0 amide bonds. The maximum atomic E-state index is 12.1. The largest absolute Gasteiger partial charge is 0.294 e. The number of carbonyl (C=O) groups is 3. The summed E-state index contributed by atoms with van der Waals surface area (Å²) in [7, 11) is 0. The van der Waals surface area contributed by atoms with Crippen molar-refractivity contribution in [2.75, 3.05) is 0 Å². The summed E-state index contributed by atoms with van der Waals surface area (Å²) in [5.74, 6) is -1.45. The van der Waals surface area contributed by atoms with Gasteiger partial charge in [-0.15, -0.1) is 0 Å². The van der Waals surface area contributed by atoms with Crippen molar-refractivity contribution in [2.24, 2.45) is 0 Å². The first kappa shape index (κ1) is 14.4. The van der Waals surface area contributed by atoms with E-state index in [4.69, 9.17) is 0 Å². The van der Waals surface area contributed by atoms with Gasteiger partial charge in [0.05, 0.1) is 5.57 Å². The van der Waals surface area contributed by atoms with E-state index in [0.29, 0.717) is 17.5 Å². The number of unbranched alkanes of at least 4 members (excludes halogenated alkanes) is 3. The third-order valence-electron chi connectivity index (χ3n) is 3.51. The molecule has 0 fully saturated rings. The van der Waals surface area contributed by atoms with Crippen LogP contribution in [0.15, 0.2) is 29.8 Å². The van der Waals surface area contributed by atoms with Crippen LogP contribution in [0, 0.1) is 0 Å². The number of allylic oxidation sites excluding steroid dienone is 1. The average Bonchev–Trinajstić information content (AvgIpc) is 2.47. The van der Waals surface area contributed by atoms with Gasteiger partial charge in [0.1, 0.15) is 0 Å². The maximum absolute atomic E-state index is 12.1. The Kier molecular flexibility index (Phi) is 4.61. The number of hydrogen-bond donors (Lipinski definition) is 0. The molecule has 0 heterocycles. The number of Topliss-reactive ketones (excluding diaryl/α,β-unsaturated/α-hetero) is 3. The minimum atomic E-state index is -0.663. The fourth-order valence-corrected chi connectivity index (χ4v) is 2.35. The van der Waals surface area contributed by atoms with E-state index in [1.165, 1.54) is 0 Å². The molecule has 0 saturated carbocycles. The Hall–Kier alpha value is -2.03. The van der Waals surface area contributed by atoms with Crippen LogP contribution in [0.25, 0.3) is 6.08 Å². The Labute approximate surface area is 118 Å². The highest BCUT2D eigenvalue weighted by atomic mass is 16.2. The molecular formula is C17H18O3. The number of fused-ring (bicyclic) bond motifs is 1. The Morgan fingerprint density at radius 2 is 1.75 bits per heavy atom. The first-order valence-corrected chi connectivity index (χ1v) is 7.08. The minimum absolute atomic E-state index is 0.0465. The molecule has 0 aliphatic heterocycles. The summed E-state index contributed by atoms with van der Waals surface area (Å²) in [4.78, 5) is 36.0. The van der Waals surface area contributed by atoms with Gasteiger partial charge in [-0.05, 0) is 18.1 Å². The van der Waals surface area contributed by atoms with Crippen LogP contribution in [0.5, 0.6) is 0 Å². The van der Waals surface area contributed by atoms with Gasteiger partial charge in [0, 0.05) is 12.0 Å². The van der Waals surface area contributed by atoms with Crippen molar-refractivity contribution < 1.29 is 14.4 Å². The Morgan fingerprint density at radius 1 is 1.00 bits per heavy atom. The van der Waals surface area contributed by atoms with Crippen molar-refractivity contribution in [3.8, 4) is 0 Å². The molecule has 3 heteroatoms. The fourth-order valence-electron chi connectivity index (χ4n) is 2.35. The van der Waals surface area contributed by atoms with Crippen LogP contribution in [0.4, 0.5) is 0 Å².